The maximum Gasteiger partial charge on any atom is 0.260 e. The molecule has 9 nitrogen and oxygen atoms in total. The molecular formula is C20H22F3N7O2. The third-order valence-electron chi connectivity index (χ3n) is 7.21. The van der Waals surface area contributed by atoms with E-state index in [1.165, 1.54) is 0 Å². The number of hydrogen-bond acceptors (Lipinski definition) is 7. The van der Waals surface area contributed by atoms with E-state index < -0.39 is 35.5 Å². The molecule has 2 saturated heterocycles. The number of nitrogens with zero attached hydrogens (tertiary/aromatic N) is 5. The number of hydrogen-bond donors (Lipinski definition) is 2. The fourth-order valence-corrected chi connectivity index (χ4v) is 4.90. The van der Waals surface area contributed by atoms with Crippen LogP contribution in [0.5, 0.6) is 0 Å². The predicted octanol–water partition coefficient (Wildman–Crippen LogP) is 1.72. The Labute approximate surface area is 181 Å². The Morgan fingerprint density at radius 1 is 1.31 bits per heavy atom. The topological polar surface area (TPSA) is 97.2 Å². The summed E-state index contributed by atoms with van der Waals surface area (Å²) in [6.07, 6.45) is 4.13. The van der Waals surface area contributed by atoms with Crippen molar-refractivity contribution in [2.75, 3.05) is 36.5 Å². The molecular weight excluding hydrogens is 427 g/mol. The van der Waals surface area contributed by atoms with Crippen molar-refractivity contribution in [1.29, 1.82) is 0 Å². The lowest BCUT2D eigenvalue weighted by atomic mass is 10.2. The number of nitrogens with one attached hydrogen (secondary N) is 2. The van der Waals surface area contributed by atoms with E-state index in [-0.39, 0.29) is 29.6 Å². The van der Waals surface area contributed by atoms with E-state index in [9.17, 15) is 18.0 Å². The zero-order chi connectivity index (χ0) is 22.3. The molecule has 0 unspecified atom stereocenters. The van der Waals surface area contributed by atoms with Gasteiger partial charge < -0.3 is 20.3 Å². The maximum atomic E-state index is 14.6. The largest absolute Gasteiger partial charge is 0.377 e. The van der Waals surface area contributed by atoms with Gasteiger partial charge in [-0.1, -0.05) is 6.92 Å². The van der Waals surface area contributed by atoms with Gasteiger partial charge in [-0.15, -0.1) is 0 Å². The first kappa shape index (κ1) is 19.8. The Bertz CT molecular complexity index is 1090. The zero-order valence-corrected chi connectivity index (χ0v) is 17.3. The van der Waals surface area contributed by atoms with Gasteiger partial charge in [-0.25, -0.2) is 18.2 Å². The first-order chi connectivity index (χ1) is 15.3. The number of ether oxygens (including phenoxy) is 1. The van der Waals surface area contributed by atoms with Crippen LogP contribution in [0.15, 0.2) is 18.6 Å². The molecule has 2 aliphatic carbocycles. The molecule has 2 N–H and O–H groups in total. The third-order valence-corrected chi connectivity index (χ3v) is 7.21. The molecule has 4 fully saturated rings. The van der Waals surface area contributed by atoms with Crippen molar-refractivity contribution in [3.63, 3.8) is 0 Å². The van der Waals surface area contributed by atoms with Crippen molar-refractivity contribution >= 4 is 23.4 Å². The first-order valence-electron chi connectivity index (χ1n) is 10.6. The SMILES string of the molecule is C[C@H]1[C@H]2CN(c3nc(Nc4cnn(C5COC5)c4)ncc3F)C[C@@]21NC(=O)[C@@H]1CC1(F)F. The van der Waals surface area contributed by atoms with Crippen LogP contribution in [0.2, 0.25) is 0 Å². The fourth-order valence-electron chi connectivity index (χ4n) is 4.90. The van der Waals surface area contributed by atoms with Crippen LogP contribution in [0.3, 0.4) is 0 Å². The smallest absolute Gasteiger partial charge is 0.260 e. The minimum absolute atomic E-state index is 0.0625. The van der Waals surface area contributed by atoms with Gasteiger partial charge in [0.05, 0.1) is 42.9 Å². The number of piperidine rings is 1. The number of aromatic nitrogens is 4. The first-order valence-corrected chi connectivity index (χ1v) is 10.6. The van der Waals surface area contributed by atoms with Crippen molar-refractivity contribution in [2.24, 2.45) is 17.8 Å². The lowest BCUT2D eigenvalue weighted by Gasteiger charge is -2.25. The molecule has 2 aliphatic heterocycles. The highest BCUT2D eigenvalue weighted by Gasteiger charge is 2.70. The lowest BCUT2D eigenvalue weighted by Crippen LogP contribution is -2.45. The number of anilines is 3. The molecule has 1 amide bonds. The summed E-state index contributed by atoms with van der Waals surface area (Å²) in [6, 6.07) is 0.204. The molecule has 170 valence electrons. The summed E-state index contributed by atoms with van der Waals surface area (Å²) >= 11 is 0. The number of alkyl halides is 2. The molecule has 12 heteroatoms. The molecule has 2 aromatic heterocycles. The lowest BCUT2D eigenvalue weighted by molar-refractivity contribution is -0.125. The van der Waals surface area contributed by atoms with E-state index in [1.54, 1.807) is 15.8 Å². The van der Waals surface area contributed by atoms with Gasteiger partial charge in [-0.3, -0.25) is 9.48 Å². The minimum Gasteiger partial charge on any atom is -0.377 e. The van der Waals surface area contributed by atoms with Crippen molar-refractivity contribution in [2.45, 2.75) is 30.8 Å². The number of amides is 1. The standard InChI is InChI=1S/C20H22F3N7O2/c1-10-14-6-29(9-19(10,14)28-17(31)13-2-20(13,22)23)16-15(21)4-24-18(27-16)26-11-3-25-30(5-11)12-7-32-8-12/h3-5,10,12-14H,2,6-9H2,1H3,(H,28,31)(H,24,26,27)/t10-,13-,14+,19-/m0/s1. The second-order valence-electron chi connectivity index (χ2n) is 9.21. The van der Waals surface area contributed by atoms with E-state index in [0.29, 0.717) is 32.0 Å². The van der Waals surface area contributed by atoms with E-state index in [1.807, 2.05) is 13.1 Å². The second kappa shape index (κ2) is 6.56. The van der Waals surface area contributed by atoms with Crippen molar-refractivity contribution in [1.82, 2.24) is 25.1 Å². The van der Waals surface area contributed by atoms with E-state index >= 15 is 0 Å². The fraction of sp³-hybridized carbons (Fsp3) is 0.600. The van der Waals surface area contributed by atoms with Gasteiger partial charge in [-0.2, -0.15) is 10.1 Å². The average Bonchev–Trinajstić information content (AvgIpc) is 3.27. The third kappa shape index (κ3) is 3.03. The molecule has 2 aromatic rings. The summed E-state index contributed by atoms with van der Waals surface area (Å²) in [4.78, 5) is 22.4. The van der Waals surface area contributed by atoms with Gasteiger partial charge in [-0.05, 0) is 5.92 Å². The van der Waals surface area contributed by atoms with Crippen LogP contribution >= 0.6 is 0 Å². The predicted molar refractivity (Wildman–Crippen MR) is 106 cm³/mol. The number of halogens is 3. The molecule has 0 bridgehead atoms. The second-order valence-corrected chi connectivity index (χ2v) is 9.21. The normalized spacial score (nSPS) is 32.2. The maximum absolute atomic E-state index is 14.6. The number of fused-ring (bicyclic) bond motifs is 1. The Hall–Kier alpha value is -2.89. The molecule has 32 heavy (non-hydrogen) atoms. The minimum atomic E-state index is -2.91. The van der Waals surface area contributed by atoms with Gasteiger partial charge in [0.1, 0.15) is 5.92 Å². The molecule has 0 radical (unpaired) electrons. The molecule has 0 aromatic carbocycles. The molecule has 4 aliphatic rings. The van der Waals surface area contributed by atoms with Gasteiger partial charge in [0, 0.05) is 31.6 Å². The van der Waals surface area contributed by atoms with E-state index in [2.05, 4.69) is 25.7 Å². The number of carbonyl (C=O) groups excluding carboxylic acids is 1. The average molecular weight is 449 g/mol. The molecule has 0 spiro atoms. The number of carbonyl (C=O) groups is 1. The summed E-state index contributed by atoms with van der Waals surface area (Å²) in [5, 5.41) is 10.1. The van der Waals surface area contributed by atoms with Crippen molar-refractivity contribution in [3.8, 4) is 0 Å². The quantitative estimate of drug-likeness (QED) is 0.693. The summed E-state index contributed by atoms with van der Waals surface area (Å²) in [6.45, 7) is 4.00. The highest BCUT2D eigenvalue weighted by molar-refractivity contribution is 5.84. The summed E-state index contributed by atoms with van der Waals surface area (Å²) in [5.41, 5.74) is 0.0497. The van der Waals surface area contributed by atoms with Crippen LogP contribution in [-0.4, -0.2) is 63.4 Å². The van der Waals surface area contributed by atoms with E-state index in [0.717, 1.165) is 6.20 Å². The van der Waals surface area contributed by atoms with Crippen molar-refractivity contribution < 1.29 is 22.7 Å². The highest BCUT2D eigenvalue weighted by atomic mass is 19.3. The summed E-state index contributed by atoms with van der Waals surface area (Å²) in [7, 11) is 0. The summed E-state index contributed by atoms with van der Waals surface area (Å²) < 4.78 is 48.1. The summed E-state index contributed by atoms with van der Waals surface area (Å²) in [5.74, 6) is -4.83. The zero-order valence-electron chi connectivity index (χ0n) is 17.3. The molecule has 6 rings (SSSR count). The molecule has 2 saturated carbocycles. The van der Waals surface area contributed by atoms with Crippen LogP contribution in [0.25, 0.3) is 0 Å². The Kier molecular flexibility index (Phi) is 4.05. The van der Waals surface area contributed by atoms with Crippen LogP contribution < -0.4 is 15.5 Å². The molecule has 4 atom stereocenters. The Balaban J connectivity index is 1.16. The van der Waals surface area contributed by atoms with Crippen LogP contribution in [0.1, 0.15) is 19.4 Å². The van der Waals surface area contributed by atoms with Crippen LogP contribution in [-0.2, 0) is 9.53 Å². The van der Waals surface area contributed by atoms with Crippen LogP contribution in [0, 0.1) is 23.6 Å². The van der Waals surface area contributed by atoms with Gasteiger partial charge in [0.2, 0.25) is 11.9 Å². The highest BCUT2D eigenvalue weighted by Crippen LogP contribution is 2.57. The number of rotatable bonds is 6. The van der Waals surface area contributed by atoms with Crippen LogP contribution in [0.4, 0.5) is 30.6 Å². The Morgan fingerprint density at radius 3 is 2.78 bits per heavy atom. The van der Waals surface area contributed by atoms with Gasteiger partial charge in [0.25, 0.3) is 5.92 Å². The van der Waals surface area contributed by atoms with Gasteiger partial charge in [0.15, 0.2) is 11.6 Å². The van der Waals surface area contributed by atoms with Gasteiger partial charge >= 0.3 is 0 Å². The molecule has 4 heterocycles. The van der Waals surface area contributed by atoms with E-state index in [4.69, 9.17) is 4.74 Å². The monoisotopic (exact) mass is 449 g/mol. The Morgan fingerprint density at radius 2 is 2.09 bits per heavy atom. The van der Waals surface area contributed by atoms with Crippen molar-refractivity contribution in [3.05, 3.63) is 24.4 Å².